The van der Waals surface area contributed by atoms with E-state index in [4.69, 9.17) is 11.6 Å². The normalized spacial score (nSPS) is 20.9. The van der Waals surface area contributed by atoms with Gasteiger partial charge in [-0.05, 0) is 18.6 Å². The van der Waals surface area contributed by atoms with Gasteiger partial charge >= 0.3 is 0 Å². The van der Waals surface area contributed by atoms with E-state index in [-0.39, 0.29) is 0 Å². The molecular weight excluding hydrogens is 250 g/mol. The number of hydrogen-bond donors (Lipinski definition) is 1. The molecule has 98 valence electrons. The highest BCUT2D eigenvalue weighted by Crippen LogP contribution is 2.25. The van der Waals surface area contributed by atoms with Crippen molar-refractivity contribution >= 4 is 17.4 Å². The minimum atomic E-state index is 0.379. The van der Waals surface area contributed by atoms with Crippen LogP contribution in [-0.4, -0.2) is 54.6 Å². The van der Waals surface area contributed by atoms with Gasteiger partial charge in [0.15, 0.2) is 0 Å². The molecule has 0 amide bonds. The van der Waals surface area contributed by atoms with Crippen LogP contribution < -0.4 is 10.2 Å². The number of hydrogen-bond acceptors (Lipinski definition) is 5. The molecule has 6 heteroatoms. The number of likely N-dealkylation sites (N-methyl/N-ethyl adjacent to an activating group) is 1. The molecule has 1 saturated heterocycles. The first-order valence-corrected chi connectivity index (χ1v) is 6.81. The van der Waals surface area contributed by atoms with E-state index in [9.17, 15) is 0 Å². The lowest BCUT2D eigenvalue weighted by Crippen LogP contribution is -2.45. The third-order valence-electron chi connectivity index (χ3n) is 3.69. The molecule has 0 unspecified atom stereocenters. The standard InChI is InChI=1S/C12H18ClN5/c1-17-4-6-18(7-5-17)11-9-8-14-3-2-10(9)15-12(13)16-11/h14H,2-8H2,1H3. The molecule has 0 bridgehead atoms. The van der Waals surface area contributed by atoms with Gasteiger partial charge in [-0.25, -0.2) is 9.97 Å². The molecule has 0 saturated carbocycles. The van der Waals surface area contributed by atoms with Crippen molar-refractivity contribution in [2.45, 2.75) is 13.0 Å². The minimum absolute atomic E-state index is 0.379. The predicted octanol–water partition coefficient (Wildman–Crippen LogP) is 0.527. The number of piperazine rings is 1. The Hall–Kier alpha value is -0.910. The third kappa shape index (κ3) is 2.30. The molecule has 0 spiro atoms. The molecule has 3 heterocycles. The fraction of sp³-hybridized carbons (Fsp3) is 0.667. The van der Waals surface area contributed by atoms with Crippen molar-refractivity contribution in [3.05, 3.63) is 16.5 Å². The fourth-order valence-corrected chi connectivity index (χ4v) is 2.76. The largest absolute Gasteiger partial charge is 0.354 e. The van der Waals surface area contributed by atoms with E-state index in [0.29, 0.717) is 5.28 Å². The molecule has 0 aromatic carbocycles. The summed E-state index contributed by atoms with van der Waals surface area (Å²) in [7, 11) is 2.15. The third-order valence-corrected chi connectivity index (χ3v) is 3.86. The summed E-state index contributed by atoms with van der Waals surface area (Å²) in [6.07, 6.45) is 0.943. The highest BCUT2D eigenvalue weighted by molar-refractivity contribution is 6.28. The molecule has 1 fully saturated rings. The summed E-state index contributed by atoms with van der Waals surface area (Å²) in [4.78, 5) is 13.5. The number of halogens is 1. The Morgan fingerprint density at radius 3 is 2.72 bits per heavy atom. The number of aromatic nitrogens is 2. The molecule has 1 aromatic rings. The molecule has 1 aromatic heterocycles. The summed E-state index contributed by atoms with van der Waals surface area (Å²) in [5.41, 5.74) is 2.35. The van der Waals surface area contributed by atoms with Gasteiger partial charge in [0.25, 0.3) is 0 Å². The molecule has 0 aliphatic carbocycles. The Morgan fingerprint density at radius 2 is 1.94 bits per heavy atom. The number of anilines is 1. The van der Waals surface area contributed by atoms with Crippen molar-refractivity contribution < 1.29 is 0 Å². The quantitative estimate of drug-likeness (QED) is 0.752. The second-order valence-corrected chi connectivity index (χ2v) is 5.30. The molecule has 0 radical (unpaired) electrons. The second kappa shape index (κ2) is 4.99. The molecule has 2 aliphatic rings. The zero-order valence-corrected chi connectivity index (χ0v) is 11.4. The lowest BCUT2D eigenvalue weighted by Gasteiger charge is -2.35. The van der Waals surface area contributed by atoms with E-state index in [1.54, 1.807) is 0 Å². The van der Waals surface area contributed by atoms with Crippen LogP contribution in [0.3, 0.4) is 0 Å². The van der Waals surface area contributed by atoms with Gasteiger partial charge in [-0.2, -0.15) is 0 Å². The monoisotopic (exact) mass is 267 g/mol. The van der Waals surface area contributed by atoms with Crippen LogP contribution in [0.2, 0.25) is 5.28 Å². The van der Waals surface area contributed by atoms with E-state index < -0.39 is 0 Å². The van der Waals surface area contributed by atoms with Crippen molar-refractivity contribution in [1.82, 2.24) is 20.2 Å². The van der Waals surface area contributed by atoms with Crippen LogP contribution in [0.4, 0.5) is 5.82 Å². The minimum Gasteiger partial charge on any atom is -0.354 e. The molecule has 2 aliphatic heterocycles. The first-order chi connectivity index (χ1) is 8.74. The Bertz CT molecular complexity index is 442. The Balaban J connectivity index is 1.93. The van der Waals surface area contributed by atoms with Gasteiger partial charge in [0, 0.05) is 51.3 Å². The number of rotatable bonds is 1. The predicted molar refractivity (Wildman–Crippen MR) is 72.2 cm³/mol. The van der Waals surface area contributed by atoms with Crippen molar-refractivity contribution in [3.8, 4) is 0 Å². The van der Waals surface area contributed by atoms with Gasteiger partial charge in [-0.15, -0.1) is 0 Å². The maximum atomic E-state index is 6.05. The molecule has 3 rings (SSSR count). The van der Waals surface area contributed by atoms with E-state index in [1.807, 2.05) is 0 Å². The van der Waals surface area contributed by atoms with Crippen LogP contribution in [-0.2, 0) is 13.0 Å². The second-order valence-electron chi connectivity index (χ2n) is 4.96. The number of nitrogens with zero attached hydrogens (tertiary/aromatic N) is 4. The molecular formula is C12H18ClN5. The SMILES string of the molecule is CN1CCN(c2nc(Cl)nc3c2CNCC3)CC1. The maximum absolute atomic E-state index is 6.05. The average molecular weight is 268 g/mol. The van der Waals surface area contributed by atoms with E-state index in [0.717, 1.165) is 57.2 Å². The van der Waals surface area contributed by atoms with Gasteiger partial charge in [0.2, 0.25) is 5.28 Å². The summed E-state index contributed by atoms with van der Waals surface area (Å²) in [6.45, 7) is 6.00. The lowest BCUT2D eigenvalue weighted by atomic mass is 10.1. The first-order valence-electron chi connectivity index (χ1n) is 6.43. The van der Waals surface area contributed by atoms with Crippen molar-refractivity contribution in [1.29, 1.82) is 0 Å². The van der Waals surface area contributed by atoms with Gasteiger partial charge in [-0.3, -0.25) is 0 Å². The zero-order valence-electron chi connectivity index (χ0n) is 10.6. The van der Waals surface area contributed by atoms with E-state index in [2.05, 4.69) is 32.1 Å². The van der Waals surface area contributed by atoms with E-state index >= 15 is 0 Å². The van der Waals surface area contributed by atoms with E-state index in [1.165, 1.54) is 5.56 Å². The van der Waals surface area contributed by atoms with Gasteiger partial charge in [0.05, 0.1) is 5.69 Å². The summed E-state index contributed by atoms with van der Waals surface area (Å²) >= 11 is 6.05. The van der Waals surface area contributed by atoms with Crippen molar-refractivity contribution in [2.75, 3.05) is 44.7 Å². The number of nitrogens with one attached hydrogen (secondary N) is 1. The number of fused-ring (bicyclic) bond motifs is 1. The van der Waals surface area contributed by atoms with Gasteiger partial charge in [-0.1, -0.05) is 0 Å². The molecule has 18 heavy (non-hydrogen) atoms. The highest BCUT2D eigenvalue weighted by atomic mass is 35.5. The summed E-state index contributed by atoms with van der Waals surface area (Å²) < 4.78 is 0. The molecule has 0 atom stereocenters. The summed E-state index contributed by atoms with van der Waals surface area (Å²) in [5, 5.41) is 3.77. The lowest BCUT2D eigenvalue weighted by molar-refractivity contribution is 0.311. The van der Waals surface area contributed by atoms with Crippen LogP contribution in [0, 0.1) is 0 Å². The summed E-state index contributed by atoms with van der Waals surface area (Å²) in [6, 6.07) is 0. The Kier molecular flexibility index (Phi) is 3.37. The molecule has 1 N–H and O–H groups in total. The highest BCUT2D eigenvalue weighted by Gasteiger charge is 2.23. The smallest absolute Gasteiger partial charge is 0.224 e. The Morgan fingerprint density at radius 1 is 1.17 bits per heavy atom. The Labute approximate surface area is 112 Å². The van der Waals surface area contributed by atoms with Gasteiger partial charge < -0.3 is 15.1 Å². The topological polar surface area (TPSA) is 44.3 Å². The molecule has 5 nitrogen and oxygen atoms in total. The zero-order chi connectivity index (χ0) is 12.5. The van der Waals surface area contributed by atoms with Crippen LogP contribution in [0.1, 0.15) is 11.3 Å². The fourth-order valence-electron chi connectivity index (χ4n) is 2.58. The average Bonchev–Trinajstić information content (AvgIpc) is 2.38. The van der Waals surface area contributed by atoms with Crippen LogP contribution in [0.5, 0.6) is 0 Å². The van der Waals surface area contributed by atoms with Gasteiger partial charge in [0.1, 0.15) is 5.82 Å². The van der Waals surface area contributed by atoms with Crippen LogP contribution >= 0.6 is 11.6 Å². The summed E-state index contributed by atoms with van der Waals surface area (Å²) in [5.74, 6) is 1.03. The van der Waals surface area contributed by atoms with Crippen LogP contribution in [0.15, 0.2) is 0 Å². The van der Waals surface area contributed by atoms with Crippen molar-refractivity contribution in [2.24, 2.45) is 0 Å². The maximum Gasteiger partial charge on any atom is 0.224 e. The van der Waals surface area contributed by atoms with Crippen LogP contribution in [0.25, 0.3) is 0 Å². The first kappa shape index (κ1) is 12.1. The van der Waals surface area contributed by atoms with Crippen molar-refractivity contribution in [3.63, 3.8) is 0 Å².